The van der Waals surface area contributed by atoms with Gasteiger partial charge in [0.05, 0.1) is 5.56 Å². The minimum atomic E-state index is -4.19. The monoisotopic (exact) mass is 396 g/mol. The van der Waals surface area contributed by atoms with E-state index in [9.17, 15) is 22.0 Å². The van der Waals surface area contributed by atoms with E-state index < -0.39 is 43.7 Å². The summed E-state index contributed by atoms with van der Waals surface area (Å²) in [6.45, 7) is 4.79. The number of aromatic nitrogens is 1. The number of amides is 1. The zero-order valence-corrected chi connectivity index (χ0v) is 15.9. The number of aryl methyl sites for hydroxylation is 1. The second-order valence-corrected chi connectivity index (χ2v) is 8.53. The molecule has 2 rings (SSSR count). The van der Waals surface area contributed by atoms with Gasteiger partial charge in [0, 0.05) is 24.5 Å². The van der Waals surface area contributed by atoms with Crippen LogP contribution in [-0.4, -0.2) is 24.4 Å². The maximum Gasteiger partial charge on any atom is 0.275 e. The summed E-state index contributed by atoms with van der Waals surface area (Å²) in [4.78, 5) is 11.7. The molecule has 0 bridgehead atoms. The van der Waals surface area contributed by atoms with E-state index in [-0.39, 0.29) is 11.3 Å². The highest BCUT2D eigenvalue weighted by Crippen LogP contribution is 2.23. The molecule has 144 valence electrons. The summed E-state index contributed by atoms with van der Waals surface area (Å²) in [6.07, 6.45) is 0.990. The van der Waals surface area contributed by atoms with E-state index in [1.165, 1.54) is 13.1 Å². The minimum absolute atomic E-state index is 0.0655. The SMILES string of the molecule is Cn1cc(S(=O)(=O)NC(C)(C)C)c(F)c1C(=O)Nc1ccc(F)c(C#N)c1. The number of sulfonamides is 1. The molecule has 1 heterocycles. The number of benzene rings is 1. The van der Waals surface area contributed by atoms with Crippen molar-refractivity contribution in [1.82, 2.24) is 9.29 Å². The highest BCUT2D eigenvalue weighted by Gasteiger charge is 2.31. The standard InChI is InChI=1S/C17H18F2N4O3S/c1-17(2,3)22-27(25,26)13-9-23(4)15(14(13)19)16(24)21-11-5-6-12(18)10(7-11)8-20/h5-7,9,22H,1-4H3,(H,21,24). The molecule has 0 aliphatic heterocycles. The minimum Gasteiger partial charge on any atom is -0.343 e. The fourth-order valence-electron chi connectivity index (χ4n) is 2.35. The fraction of sp³-hybridized carbons (Fsp3) is 0.294. The molecule has 2 N–H and O–H groups in total. The molecule has 0 spiro atoms. The van der Waals surface area contributed by atoms with Gasteiger partial charge in [-0.25, -0.2) is 21.9 Å². The van der Waals surface area contributed by atoms with Gasteiger partial charge >= 0.3 is 0 Å². The fourth-order valence-corrected chi connectivity index (χ4v) is 3.90. The molecule has 0 saturated heterocycles. The van der Waals surface area contributed by atoms with E-state index in [0.29, 0.717) is 0 Å². The highest BCUT2D eigenvalue weighted by molar-refractivity contribution is 7.89. The molecule has 0 saturated carbocycles. The van der Waals surface area contributed by atoms with Gasteiger partial charge in [-0.1, -0.05) is 0 Å². The van der Waals surface area contributed by atoms with E-state index >= 15 is 0 Å². The molecule has 2 aromatic rings. The number of hydrogen-bond donors (Lipinski definition) is 2. The Labute approximate surface area is 155 Å². The molecule has 27 heavy (non-hydrogen) atoms. The van der Waals surface area contributed by atoms with Crippen LogP contribution in [0.25, 0.3) is 0 Å². The van der Waals surface area contributed by atoms with Gasteiger partial charge in [0.15, 0.2) is 5.82 Å². The van der Waals surface area contributed by atoms with Crippen molar-refractivity contribution in [2.24, 2.45) is 7.05 Å². The lowest BCUT2D eigenvalue weighted by Crippen LogP contribution is -2.40. The average Bonchev–Trinajstić information content (AvgIpc) is 2.82. The number of carbonyl (C=O) groups excluding carboxylic acids is 1. The number of carbonyl (C=O) groups is 1. The topological polar surface area (TPSA) is 104 Å². The summed E-state index contributed by atoms with van der Waals surface area (Å²) in [5.74, 6) is -2.92. The summed E-state index contributed by atoms with van der Waals surface area (Å²) in [6, 6.07) is 4.90. The Balaban J connectivity index is 2.39. The number of halogens is 2. The van der Waals surface area contributed by atoms with Gasteiger partial charge in [0.25, 0.3) is 5.91 Å². The summed E-state index contributed by atoms with van der Waals surface area (Å²) >= 11 is 0. The van der Waals surface area contributed by atoms with Gasteiger partial charge < -0.3 is 9.88 Å². The van der Waals surface area contributed by atoms with E-state index in [1.807, 2.05) is 0 Å². The van der Waals surface area contributed by atoms with Crippen molar-refractivity contribution in [1.29, 1.82) is 5.26 Å². The smallest absolute Gasteiger partial charge is 0.275 e. The van der Waals surface area contributed by atoms with Crippen molar-refractivity contribution < 1.29 is 22.0 Å². The van der Waals surface area contributed by atoms with Gasteiger partial charge in [-0.05, 0) is 39.0 Å². The molecule has 1 aromatic heterocycles. The van der Waals surface area contributed by atoms with Crippen LogP contribution in [0, 0.1) is 23.0 Å². The second kappa shape index (κ2) is 7.09. The van der Waals surface area contributed by atoms with Crippen LogP contribution in [0.2, 0.25) is 0 Å². The third-order valence-electron chi connectivity index (χ3n) is 3.38. The van der Waals surface area contributed by atoms with E-state index in [2.05, 4.69) is 10.0 Å². The van der Waals surface area contributed by atoms with Gasteiger partial charge in [-0.15, -0.1) is 0 Å². The molecule has 0 aliphatic carbocycles. The first-order valence-corrected chi connectivity index (χ1v) is 9.24. The lowest BCUT2D eigenvalue weighted by molar-refractivity contribution is 0.101. The number of nitrogens with zero attached hydrogens (tertiary/aromatic N) is 2. The largest absolute Gasteiger partial charge is 0.343 e. The average molecular weight is 396 g/mol. The van der Waals surface area contributed by atoms with Crippen molar-refractivity contribution in [3.05, 3.63) is 47.3 Å². The number of nitriles is 1. The molecule has 0 atom stereocenters. The first-order chi connectivity index (χ1) is 12.4. The van der Waals surface area contributed by atoms with Crippen molar-refractivity contribution >= 4 is 21.6 Å². The van der Waals surface area contributed by atoms with Crippen LogP contribution in [0.3, 0.4) is 0 Å². The predicted molar refractivity (Wildman–Crippen MR) is 94.5 cm³/mol. The Hall–Kier alpha value is -2.77. The van der Waals surface area contributed by atoms with Gasteiger partial charge in [0.2, 0.25) is 10.0 Å². The Kier molecular flexibility index (Phi) is 5.40. The highest BCUT2D eigenvalue weighted by atomic mass is 32.2. The molecule has 7 nitrogen and oxygen atoms in total. The Morgan fingerprint density at radius 3 is 2.44 bits per heavy atom. The molecule has 0 fully saturated rings. The van der Waals surface area contributed by atoms with Crippen LogP contribution in [0.1, 0.15) is 36.8 Å². The van der Waals surface area contributed by atoms with E-state index in [0.717, 1.165) is 22.9 Å². The third kappa shape index (κ3) is 4.50. The maximum absolute atomic E-state index is 14.7. The van der Waals surface area contributed by atoms with E-state index in [1.54, 1.807) is 26.8 Å². The molecule has 1 aromatic carbocycles. The van der Waals surface area contributed by atoms with Crippen LogP contribution in [0.4, 0.5) is 14.5 Å². The van der Waals surface area contributed by atoms with Gasteiger partial charge in [0.1, 0.15) is 22.5 Å². The molecule has 0 radical (unpaired) electrons. The zero-order valence-electron chi connectivity index (χ0n) is 15.1. The maximum atomic E-state index is 14.7. The molecular formula is C17H18F2N4O3S. The van der Waals surface area contributed by atoms with Gasteiger partial charge in [-0.2, -0.15) is 5.26 Å². The number of anilines is 1. The molecule has 0 unspecified atom stereocenters. The number of rotatable bonds is 4. The van der Waals surface area contributed by atoms with Crippen LogP contribution in [0.15, 0.2) is 29.3 Å². The Bertz CT molecular complexity index is 1050. The summed E-state index contributed by atoms with van der Waals surface area (Å²) in [5, 5.41) is 11.1. The Morgan fingerprint density at radius 2 is 1.89 bits per heavy atom. The number of nitrogens with one attached hydrogen (secondary N) is 2. The second-order valence-electron chi connectivity index (χ2n) is 6.88. The third-order valence-corrected chi connectivity index (χ3v) is 5.12. The van der Waals surface area contributed by atoms with Crippen LogP contribution < -0.4 is 10.0 Å². The molecule has 1 amide bonds. The van der Waals surface area contributed by atoms with Gasteiger partial charge in [-0.3, -0.25) is 4.79 Å². The molecule has 0 aliphatic rings. The molecular weight excluding hydrogens is 378 g/mol. The van der Waals surface area contributed by atoms with Crippen LogP contribution in [0.5, 0.6) is 0 Å². The molecule has 10 heteroatoms. The van der Waals surface area contributed by atoms with E-state index in [4.69, 9.17) is 5.26 Å². The van der Waals surface area contributed by atoms with Crippen molar-refractivity contribution in [3.63, 3.8) is 0 Å². The zero-order chi connectivity index (χ0) is 20.6. The summed E-state index contributed by atoms with van der Waals surface area (Å²) in [7, 11) is -2.87. The lowest BCUT2D eigenvalue weighted by Gasteiger charge is -2.19. The first-order valence-electron chi connectivity index (χ1n) is 7.75. The summed E-state index contributed by atoms with van der Waals surface area (Å²) < 4.78 is 56.1. The van der Waals surface area contributed by atoms with Crippen molar-refractivity contribution in [2.45, 2.75) is 31.2 Å². The number of hydrogen-bond acceptors (Lipinski definition) is 4. The summed E-state index contributed by atoms with van der Waals surface area (Å²) in [5.41, 5.74) is -1.59. The Morgan fingerprint density at radius 1 is 1.26 bits per heavy atom. The van der Waals surface area contributed by atoms with Crippen LogP contribution in [-0.2, 0) is 17.1 Å². The normalized spacial score (nSPS) is 11.9. The van der Waals surface area contributed by atoms with Crippen molar-refractivity contribution in [3.8, 4) is 6.07 Å². The first kappa shape index (κ1) is 20.5. The lowest BCUT2D eigenvalue weighted by atomic mass is 10.1. The van der Waals surface area contributed by atoms with Crippen LogP contribution >= 0.6 is 0 Å². The predicted octanol–water partition coefficient (Wildman–Crippen LogP) is 2.50. The quantitative estimate of drug-likeness (QED) is 0.829. The van der Waals surface area contributed by atoms with Crippen molar-refractivity contribution in [2.75, 3.05) is 5.32 Å².